The maximum Gasteiger partial charge on any atom is 0.218 e. The van der Waals surface area contributed by atoms with Gasteiger partial charge < -0.3 is 5.32 Å². The molecule has 106 valence electrons. The highest BCUT2D eigenvalue weighted by Gasteiger charge is 2.35. The summed E-state index contributed by atoms with van der Waals surface area (Å²) in [5, 5.41) is 2.64. The normalized spacial score (nSPS) is 36.3. The van der Waals surface area contributed by atoms with Crippen molar-refractivity contribution in [2.24, 2.45) is 5.92 Å². The molecule has 0 aliphatic carbocycles. The van der Waals surface area contributed by atoms with E-state index in [2.05, 4.69) is 5.32 Å². The van der Waals surface area contributed by atoms with Gasteiger partial charge in [0, 0.05) is 26.2 Å². The average molecular weight is 296 g/mol. The van der Waals surface area contributed by atoms with Crippen molar-refractivity contribution >= 4 is 19.9 Å². The number of nitrogens with zero attached hydrogens (tertiary/aromatic N) is 1. The van der Waals surface area contributed by atoms with E-state index in [1.54, 1.807) is 6.92 Å². The third-order valence-electron chi connectivity index (χ3n) is 3.63. The molecular weight excluding hydrogens is 276 g/mol. The Balaban J connectivity index is 2.08. The Hall–Kier alpha value is -0.180. The maximum absolute atomic E-state index is 12.2. The summed E-state index contributed by atoms with van der Waals surface area (Å²) >= 11 is 0. The number of nitrogens with one attached hydrogen (secondary N) is 1. The number of sulfonamides is 1. The Morgan fingerprint density at radius 2 is 2.00 bits per heavy atom. The van der Waals surface area contributed by atoms with Crippen molar-refractivity contribution in [2.45, 2.75) is 18.6 Å². The quantitative estimate of drug-likeness (QED) is 0.710. The number of sulfone groups is 1. The van der Waals surface area contributed by atoms with Crippen LogP contribution in [0.15, 0.2) is 0 Å². The highest BCUT2D eigenvalue weighted by molar-refractivity contribution is 7.91. The van der Waals surface area contributed by atoms with Crippen molar-refractivity contribution in [1.82, 2.24) is 9.62 Å². The monoisotopic (exact) mass is 296 g/mol. The average Bonchev–Trinajstić information content (AvgIpc) is 2.55. The van der Waals surface area contributed by atoms with Crippen molar-refractivity contribution in [2.75, 3.05) is 37.7 Å². The molecule has 18 heavy (non-hydrogen) atoms. The third-order valence-corrected chi connectivity index (χ3v) is 7.70. The first-order chi connectivity index (χ1) is 8.31. The second-order valence-electron chi connectivity index (χ2n) is 5.19. The van der Waals surface area contributed by atoms with Gasteiger partial charge in [0.15, 0.2) is 9.84 Å². The molecule has 2 saturated heterocycles. The summed E-state index contributed by atoms with van der Waals surface area (Å²) in [4.78, 5) is 0. The van der Waals surface area contributed by atoms with Crippen LogP contribution in [0, 0.1) is 5.92 Å². The summed E-state index contributed by atoms with van der Waals surface area (Å²) in [5.41, 5.74) is 0. The van der Waals surface area contributed by atoms with Crippen molar-refractivity contribution in [3.8, 4) is 0 Å². The Morgan fingerprint density at radius 1 is 1.28 bits per heavy atom. The highest BCUT2D eigenvalue weighted by Crippen LogP contribution is 2.22. The number of hydrogen-bond donors (Lipinski definition) is 1. The summed E-state index contributed by atoms with van der Waals surface area (Å²) in [6.07, 6.45) is 0.580. The summed E-state index contributed by atoms with van der Waals surface area (Å²) in [6, 6.07) is 0. The van der Waals surface area contributed by atoms with E-state index >= 15 is 0 Å². The fraction of sp³-hybridized carbons (Fsp3) is 1.00. The standard InChI is InChI=1S/C10H20N2O4S2/c1-9-6-11-3-4-12(18(9,15)16)7-10-2-5-17(13,14)8-10/h9-11H,2-8H2,1H3. The van der Waals surface area contributed by atoms with Gasteiger partial charge >= 0.3 is 0 Å². The minimum absolute atomic E-state index is 0.0462. The van der Waals surface area contributed by atoms with E-state index in [1.165, 1.54) is 4.31 Å². The molecule has 2 unspecified atom stereocenters. The van der Waals surface area contributed by atoms with Crippen LogP contribution in [0.25, 0.3) is 0 Å². The Labute approximate surface area is 109 Å². The van der Waals surface area contributed by atoms with E-state index < -0.39 is 25.1 Å². The molecule has 8 heteroatoms. The lowest BCUT2D eigenvalue weighted by atomic mass is 10.1. The second-order valence-corrected chi connectivity index (χ2v) is 9.77. The van der Waals surface area contributed by atoms with Crippen LogP contribution in [-0.2, 0) is 19.9 Å². The van der Waals surface area contributed by atoms with E-state index in [9.17, 15) is 16.8 Å². The van der Waals surface area contributed by atoms with E-state index in [4.69, 9.17) is 0 Å². The van der Waals surface area contributed by atoms with Gasteiger partial charge in [-0.05, 0) is 19.3 Å². The maximum atomic E-state index is 12.2. The van der Waals surface area contributed by atoms with Gasteiger partial charge in [-0.25, -0.2) is 21.1 Å². The van der Waals surface area contributed by atoms with Crippen molar-refractivity contribution < 1.29 is 16.8 Å². The Kier molecular flexibility index (Phi) is 4.01. The molecule has 2 aliphatic heterocycles. The fourth-order valence-corrected chi connectivity index (χ4v) is 5.95. The number of rotatable bonds is 2. The molecule has 6 nitrogen and oxygen atoms in total. The van der Waals surface area contributed by atoms with Crippen LogP contribution in [0.4, 0.5) is 0 Å². The zero-order chi connectivity index (χ0) is 13.4. The molecule has 0 saturated carbocycles. The first-order valence-corrected chi connectivity index (χ1v) is 9.54. The first kappa shape index (κ1) is 14.2. The van der Waals surface area contributed by atoms with Gasteiger partial charge in [-0.15, -0.1) is 0 Å². The fourth-order valence-electron chi connectivity index (χ4n) is 2.50. The van der Waals surface area contributed by atoms with Crippen molar-refractivity contribution in [3.05, 3.63) is 0 Å². The molecule has 0 aromatic heterocycles. The molecule has 0 spiro atoms. The molecule has 0 aromatic rings. The van der Waals surface area contributed by atoms with Gasteiger partial charge in [0.05, 0.1) is 16.8 Å². The predicted molar refractivity (Wildman–Crippen MR) is 69.6 cm³/mol. The van der Waals surface area contributed by atoms with Crippen molar-refractivity contribution in [3.63, 3.8) is 0 Å². The molecule has 0 radical (unpaired) electrons. The minimum atomic E-state index is -3.29. The van der Waals surface area contributed by atoms with Crippen LogP contribution >= 0.6 is 0 Å². The molecule has 1 N–H and O–H groups in total. The molecule has 2 rings (SSSR count). The Morgan fingerprint density at radius 3 is 2.61 bits per heavy atom. The van der Waals surface area contributed by atoms with Crippen LogP contribution in [0.3, 0.4) is 0 Å². The minimum Gasteiger partial charge on any atom is -0.314 e. The van der Waals surface area contributed by atoms with E-state index in [0.29, 0.717) is 32.6 Å². The molecular formula is C10H20N2O4S2. The predicted octanol–water partition coefficient (Wildman–Crippen LogP) is -0.955. The number of hydrogen-bond acceptors (Lipinski definition) is 5. The van der Waals surface area contributed by atoms with Gasteiger partial charge in [-0.1, -0.05) is 0 Å². The summed E-state index contributed by atoms with van der Waals surface area (Å²) in [6.45, 7) is 3.55. The van der Waals surface area contributed by atoms with Gasteiger partial charge in [0.1, 0.15) is 0 Å². The van der Waals surface area contributed by atoms with Crippen LogP contribution in [-0.4, -0.2) is 64.1 Å². The van der Waals surface area contributed by atoms with Crippen LogP contribution < -0.4 is 5.32 Å². The van der Waals surface area contributed by atoms with Crippen LogP contribution in [0.2, 0.25) is 0 Å². The van der Waals surface area contributed by atoms with Crippen LogP contribution in [0.1, 0.15) is 13.3 Å². The summed E-state index contributed by atoms with van der Waals surface area (Å²) < 4.78 is 48.7. The second kappa shape index (κ2) is 5.07. The lowest BCUT2D eigenvalue weighted by Crippen LogP contribution is -2.40. The summed E-state index contributed by atoms with van der Waals surface area (Å²) in [5.74, 6) is 0.273. The Bertz CT molecular complexity index is 500. The largest absolute Gasteiger partial charge is 0.314 e. The highest BCUT2D eigenvalue weighted by atomic mass is 32.2. The molecule has 0 aromatic carbocycles. The summed E-state index contributed by atoms with van der Waals surface area (Å²) in [7, 11) is -6.23. The molecule has 0 amide bonds. The van der Waals surface area contributed by atoms with Gasteiger partial charge in [-0.2, -0.15) is 0 Å². The smallest absolute Gasteiger partial charge is 0.218 e. The van der Waals surface area contributed by atoms with E-state index in [-0.39, 0.29) is 17.4 Å². The molecule has 2 fully saturated rings. The lowest BCUT2D eigenvalue weighted by molar-refractivity contribution is 0.363. The topological polar surface area (TPSA) is 83.6 Å². The van der Waals surface area contributed by atoms with Gasteiger partial charge in [0.25, 0.3) is 0 Å². The van der Waals surface area contributed by atoms with Gasteiger partial charge in [-0.3, -0.25) is 0 Å². The SMILES string of the molecule is CC1CNCCN(CC2CCS(=O)(=O)C2)S1(=O)=O. The molecule has 2 atom stereocenters. The lowest BCUT2D eigenvalue weighted by Gasteiger charge is -2.24. The van der Waals surface area contributed by atoms with E-state index in [0.717, 1.165) is 0 Å². The zero-order valence-electron chi connectivity index (χ0n) is 10.5. The zero-order valence-corrected chi connectivity index (χ0v) is 12.1. The molecule has 2 heterocycles. The first-order valence-electron chi connectivity index (χ1n) is 6.21. The van der Waals surface area contributed by atoms with Crippen LogP contribution in [0.5, 0.6) is 0 Å². The molecule has 0 bridgehead atoms. The molecule has 2 aliphatic rings. The third kappa shape index (κ3) is 3.04. The van der Waals surface area contributed by atoms with E-state index in [1.807, 2.05) is 0 Å². The van der Waals surface area contributed by atoms with Crippen molar-refractivity contribution in [1.29, 1.82) is 0 Å². The van der Waals surface area contributed by atoms with Gasteiger partial charge in [0.2, 0.25) is 10.0 Å².